The van der Waals surface area contributed by atoms with Crippen molar-refractivity contribution in [1.29, 1.82) is 0 Å². The molecule has 1 aromatic heterocycles. The fourth-order valence-corrected chi connectivity index (χ4v) is 4.04. The first-order chi connectivity index (χ1) is 7.75. The van der Waals surface area contributed by atoms with Crippen LogP contribution in [0.25, 0.3) is 11.3 Å². The van der Waals surface area contributed by atoms with Gasteiger partial charge in [0.1, 0.15) is 0 Å². The van der Waals surface area contributed by atoms with Crippen LogP contribution in [0.15, 0.2) is 27.9 Å². The number of phenolic OH excluding ortho intramolecular Hbond substituents is 2. The molecule has 1 aliphatic rings. The molecule has 3 rings (SSSR count). The van der Waals surface area contributed by atoms with Gasteiger partial charge in [0.25, 0.3) is 4.34 Å². The number of thiazole rings is 1. The van der Waals surface area contributed by atoms with E-state index in [2.05, 4.69) is 9.95 Å². The fourth-order valence-electron chi connectivity index (χ4n) is 1.79. The summed E-state index contributed by atoms with van der Waals surface area (Å²) in [4.78, 5) is 0. The van der Waals surface area contributed by atoms with E-state index < -0.39 is 0 Å². The first kappa shape index (κ1) is 9.99. The van der Waals surface area contributed by atoms with E-state index in [1.165, 1.54) is 10.4 Å². The van der Waals surface area contributed by atoms with Crippen LogP contribution in [0.1, 0.15) is 0 Å². The largest absolute Gasteiger partial charge is 0.504 e. The predicted octanol–water partition coefficient (Wildman–Crippen LogP) is 2.22. The van der Waals surface area contributed by atoms with E-state index in [0.29, 0.717) is 0 Å². The summed E-state index contributed by atoms with van der Waals surface area (Å²) in [5.41, 5.74) is 2.06. The Morgan fingerprint density at radius 1 is 1.19 bits per heavy atom. The molecule has 0 atom stereocenters. The van der Waals surface area contributed by atoms with Gasteiger partial charge in [-0.2, -0.15) is 4.57 Å². The molecule has 2 N–H and O–H groups in total. The number of fused-ring (bicyclic) bond motifs is 1. The third kappa shape index (κ3) is 1.47. The topological polar surface area (TPSA) is 44.3 Å². The van der Waals surface area contributed by atoms with Crippen LogP contribution in [-0.4, -0.2) is 16.0 Å². The summed E-state index contributed by atoms with van der Waals surface area (Å²) in [5, 5.41) is 20.9. The van der Waals surface area contributed by atoms with E-state index in [0.717, 1.165) is 23.6 Å². The number of benzene rings is 1. The molecule has 0 aliphatic carbocycles. The lowest BCUT2D eigenvalue weighted by molar-refractivity contribution is -0.706. The normalized spacial score (nSPS) is 14.0. The number of aromatic hydroxyl groups is 2. The molecule has 0 saturated heterocycles. The number of aromatic nitrogens is 1. The molecule has 5 heteroatoms. The van der Waals surface area contributed by atoms with Crippen LogP contribution >= 0.6 is 23.1 Å². The van der Waals surface area contributed by atoms with Gasteiger partial charge in [-0.1, -0.05) is 11.3 Å². The van der Waals surface area contributed by atoms with Gasteiger partial charge in [-0.3, -0.25) is 0 Å². The highest BCUT2D eigenvalue weighted by atomic mass is 32.2. The molecule has 0 spiro atoms. The van der Waals surface area contributed by atoms with Gasteiger partial charge in [0.05, 0.1) is 16.7 Å². The summed E-state index contributed by atoms with van der Waals surface area (Å²) < 4.78 is 3.56. The number of hydrogen-bond donors (Lipinski definition) is 2. The maximum Gasteiger partial charge on any atom is 0.298 e. The van der Waals surface area contributed by atoms with Crippen LogP contribution in [-0.2, 0) is 6.54 Å². The summed E-state index contributed by atoms with van der Waals surface area (Å²) in [7, 11) is 0. The van der Waals surface area contributed by atoms with Crippen molar-refractivity contribution in [2.75, 3.05) is 5.75 Å². The standard InChI is InChI=1S/C11H9NO2S2/c13-9-2-1-7(5-10(9)14)8-6-16-11-12(8)3-4-15-11/h1-2,5-6H,3-4H2,(H-,13,14)/p+1. The van der Waals surface area contributed by atoms with Crippen LogP contribution in [0.2, 0.25) is 0 Å². The van der Waals surface area contributed by atoms with Crippen LogP contribution in [0.3, 0.4) is 0 Å². The van der Waals surface area contributed by atoms with Gasteiger partial charge < -0.3 is 10.2 Å². The zero-order valence-electron chi connectivity index (χ0n) is 8.38. The monoisotopic (exact) mass is 252 g/mol. The molecule has 0 amide bonds. The Morgan fingerprint density at radius 2 is 2.06 bits per heavy atom. The highest BCUT2D eigenvalue weighted by Crippen LogP contribution is 2.33. The van der Waals surface area contributed by atoms with Gasteiger partial charge in [-0.05, 0) is 30.0 Å². The molecule has 0 bridgehead atoms. The van der Waals surface area contributed by atoms with Crippen LogP contribution in [0.5, 0.6) is 11.5 Å². The minimum absolute atomic E-state index is 0.0660. The smallest absolute Gasteiger partial charge is 0.298 e. The maximum absolute atomic E-state index is 9.49. The average Bonchev–Trinajstić information content (AvgIpc) is 2.83. The third-order valence-electron chi connectivity index (χ3n) is 2.59. The molecule has 0 fully saturated rings. The van der Waals surface area contributed by atoms with Gasteiger partial charge in [0.2, 0.25) is 5.69 Å². The van der Waals surface area contributed by atoms with Gasteiger partial charge in [-0.15, -0.1) is 0 Å². The highest BCUT2D eigenvalue weighted by Gasteiger charge is 2.27. The summed E-state index contributed by atoms with van der Waals surface area (Å²) in [5.74, 6) is 0.975. The second kappa shape index (κ2) is 3.68. The van der Waals surface area contributed by atoms with Crippen LogP contribution < -0.4 is 4.57 Å². The van der Waals surface area contributed by atoms with Crippen LogP contribution in [0.4, 0.5) is 0 Å². The van der Waals surface area contributed by atoms with Crippen molar-refractivity contribution in [1.82, 2.24) is 0 Å². The van der Waals surface area contributed by atoms with Crippen molar-refractivity contribution in [3.8, 4) is 22.8 Å². The zero-order valence-corrected chi connectivity index (χ0v) is 10.0. The Balaban J connectivity index is 2.11. The third-order valence-corrected chi connectivity index (χ3v) is 4.85. The van der Waals surface area contributed by atoms with E-state index in [-0.39, 0.29) is 11.5 Å². The Hall–Kier alpha value is -1.20. The minimum Gasteiger partial charge on any atom is -0.504 e. The van der Waals surface area contributed by atoms with E-state index in [1.807, 2.05) is 17.8 Å². The van der Waals surface area contributed by atoms with Crippen molar-refractivity contribution in [2.24, 2.45) is 0 Å². The van der Waals surface area contributed by atoms with Crippen molar-refractivity contribution in [2.45, 2.75) is 10.9 Å². The maximum atomic E-state index is 9.49. The lowest BCUT2D eigenvalue weighted by Gasteiger charge is -1.99. The highest BCUT2D eigenvalue weighted by molar-refractivity contribution is 8.01. The van der Waals surface area contributed by atoms with Gasteiger partial charge in [-0.25, -0.2) is 0 Å². The van der Waals surface area contributed by atoms with Crippen molar-refractivity contribution in [3.05, 3.63) is 23.6 Å². The second-order valence-corrected chi connectivity index (χ2v) is 5.79. The molecule has 2 heterocycles. The Labute approximate surface area is 101 Å². The molecule has 1 aliphatic heterocycles. The Kier molecular flexibility index (Phi) is 2.29. The lowest BCUT2D eigenvalue weighted by atomic mass is 10.1. The quantitative estimate of drug-likeness (QED) is 0.604. The molecular weight excluding hydrogens is 242 g/mol. The first-order valence-corrected chi connectivity index (χ1v) is 6.79. The van der Waals surface area contributed by atoms with Gasteiger partial charge in [0, 0.05) is 0 Å². The van der Waals surface area contributed by atoms with Crippen molar-refractivity contribution >= 4 is 23.1 Å². The summed E-state index contributed by atoms with van der Waals surface area (Å²) in [6.07, 6.45) is 0. The molecule has 0 saturated carbocycles. The number of phenols is 2. The molecule has 2 aromatic rings. The first-order valence-electron chi connectivity index (χ1n) is 4.92. The lowest BCUT2D eigenvalue weighted by Crippen LogP contribution is -2.32. The number of thioether (sulfide) groups is 1. The Bertz CT molecular complexity index is 551. The molecule has 1 aromatic carbocycles. The van der Waals surface area contributed by atoms with E-state index in [1.54, 1.807) is 17.4 Å². The number of rotatable bonds is 1. The summed E-state index contributed by atoms with van der Waals surface area (Å²) >= 11 is 3.59. The summed E-state index contributed by atoms with van der Waals surface area (Å²) in [6, 6.07) is 4.96. The second-order valence-electron chi connectivity index (χ2n) is 3.59. The van der Waals surface area contributed by atoms with Crippen molar-refractivity contribution < 1.29 is 14.8 Å². The van der Waals surface area contributed by atoms with E-state index in [9.17, 15) is 10.2 Å². The summed E-state index contributed by atoms with van der Waals surface area (Å²) in [6.45, 7) is 1.01. The van der Waals surface area contributed by atoms with E-state index >= 15 is 0 Å². The molecule has 82 valence electrons. The number of hydrogen-bond acceptors (Lipinski definition) is 4. The van der Waals surface area contributed by atoms with Crippen LogP contribution in [0, 0.1) is 0 Å². The number of nitrogens with zero attached hydrogens (tertiary/aromatic N) is 1. The van der Waals surface area contributed by atoms with Crippen molar-refractivity contribution in [3.63, 3.8) is 0 Å². The minimum atomic E-state index is -0.0741. The SMILES string of the molecule is Oc1ccc(-c2csc3[n+]2CCS3)cc1O. The average molecular weight is 252 g/mol. The fraction of sp³-hybridized carbons (Fsp3) is 0.182. The zero-order chi connectivity index (χ0) is 11.1. The molecule has 16 heavy (non-hydrogen) atoms. The van der Waals surface area contributed by atoms with Gasteiger partial charge in [0.15, 0.2) is 18.0 Å². The Morgan fingerprint density at radius 3 is 2.88 bits per heavy atom. The molecule has 3 nitrogen and oxygen atoms in total. The predicted molar refractivity (Wildman–Crippen MR) is 64.0 cm³/mol. The molecule has 0 unspecified atom stereocenters. The molecular formula is C11H10NO2S2+. The van der Waals surface area contributed by atoms with E-state index in [4.69, 9.17) is 0 Å². The molecule has 0 radical (unpaired) electrons. The van der Waals surface area contributed by atoms with Gasteiger partial charge >= 0.3 is 0 Å².